The van der Waals surface area contributed by atoms with E-state index in [0.717, 1.165) is 11.1 Å². The lowest BCUT2D eigenvalue weighted by Gasteiger charge is -2.32. The van der Waals surface area contributed by atoms with Crippen LogP contribution in [0.5, 0.6) is 0 Å². The van der Waals surface area contributed by atoms with Crippen molar-refractivity contribution in [3.63, 3.8) is 0 Å². The third-order valence-electron chi connectivity index (χ3n) is 4.42. The monoisotopic (exact) mass is 398 g/mol. The number of amides is 1. The van der Waals surface area contributed by atoms with Crippen molar-refractivity contribution in [1.82, 2.24) is 5.32 Å². The molecule has 0 aliphatic carbocycles. The number of hydrogen-bond donors (Lipinski definition) is 3. The van der Waals surface area contributed by atoms with E-state index in [1.807, 2.05) is 28.4 Å². The third-order valence-corrected chi connectivity index (χ3v) is 4.65. The van der Waals surface area contributed by atoms with Crippen LogP contribution in [-0.4, -0.2) is 25.2 Å². The zero-order valence-electron chi connectivity index (χ0n) is 14.2. The number of benzene rings is 2. The van der Waals surface area contributed by atoms with Crippen molar-refractivity contribution < 1.29 is 18.0 Å². The summed E-state index contributed by atoms with van der Waals surface area (Å²) >= 11 is 6.06. The lowest BCUT2D eigenvalue weighted by molar-refractivity contribution is -0.123. The molecule has 0 spiro atoms. The fourth-order valence-electron chi connectivity index (χ4n) is 3.07. The van der Waals surface area contributed by atoms with Gasteiger partial charge in [0, 0.05) is 18.1 Å². The van der Waals surface area contributed by atoms with Crippen LogP contribution in [0.2, 0.25) is 5.02 Å². The van der Waals surface area contributed by atoms with Gasteiger partial charge in [-0.25, -0.2) is 0 Å². The first-order valence-corrected chi connectivity index (χ1v) is 8.58. The molecule has 0 radical (unpaired) electrons. The Morgan fingerprint density at radius 1 is 1.15 bits per heavy atom. The molecule has 27 heavy (non-hydrogen) atoms. The predicted molar refractivity (Wildman–Crippen MR) is 99.9 cm³/mol. The number of halogens is 4. The van der Waals surface area contributed by atoms with Gasteiger partial charge in [0.2, 0.25) is 0 Å². The number of rotatable bonds is 3. The molecule has 0 bridgehead atoms. The quantitative estimate of drug-likeness (QED) is 0.692. The highest BCUT2D eigenvalue weighted by atomic mass is 35.5. The molecule has 2 aromatic rings. The van der Waals surface area contributed by atoms with Crippen molar-refractivity contribution in [2.45, 2.75) is 19.1 Å². The SMILES string of the molecule is Nc1cc(C(=O)NCC(F)(F)F)c(N2CCc3ccc(Cl)cc3C2)cc1N. The summed E-state index contributed by atoms with van der Waals surface area (Å²) in [5, 5.41) is 2.48. The normalized spacial score (nSPS) is 14.0. The number of carbonyl (C=O) groups is 1. The molecule has 3 rings (SSSR count). The molecule has 5 N–H and O–H groups in total. The van der Waals surface area contributed by atoms with Crippen LogP contribution in [0.25, 0.3) is 0 Å². The summed E-state index contributed by atoms with van der Waals surface area (Å²) in [6.07, 6.45) is -3.80. The number of nitrogens with two attached hydrogens (primary N) is 2. The van der Waals surface area contributed by atoms with Gasteiger partial charge in [-0.2, -0.15) is 13.2 Å². The van der Waals surface area contributed by atoms with Crippen LogP contribution in [0.1, 0.15) is 21.5 Å². The van der Waals surface area contributed by atoms with Crippen molar-refractivity contribution in [3.05, 3.63) is 52.0 Å². The van der Waals surface area contributed by atoms with Crippen LogP contribution < -0.4 is 21.7 Å². The van der Waals surface area contributed by atoms with E-state index in [0.29, 0.717) is 30.2 Å². The number of fused-ring (bicyclic) bond motifs is 1. The Morgan fingerprint density at radius 3 is 2.56 bits per heavy atom. The molecule has 0 atom stereocenters. The van der Waals surface area contributed by atoms with Crippen LogP contribution >= 0.6 is 11.6 Å². The average molecular weight is 399 g/mol. The molecular formula is C18H18ClF3N4O. The summed E-state index contributed by atoms with van der Waals surface area (Å²) in [5.74, 6) is -0.856. The van der Waals surface area contributed by atoms with Crippen LogP contribution in [0, 0.1) is 0 Å². The molecule has 1 aliphatic heterocycles. The van der Waals surface area contributed by atoms with E-state index >= 15 is 0 Å². The number of nitrogens with zero attached hydrogens (tertiary/aromatic N) is 1. The highest BCUT2D eigenvalue weighted by Gasteiger charge is 2.29. The van der Waals surface area contributed by atoms with Gasteiger partial charge in [-0.05, 0) is 41.8 Å². The average Bonchev–Trinajstić information content (AvgIpc) is 2.60. The van der Waals surface area contributed by atoms with E-state index in [2.05, 4.69) is 0 Å². The summed E-state index contributed by atoms with van der Waals surface area (Å²) in [6, 6.07) is 8.43. The van der Waals surface area contributed by atoms with E-state index in [9.17, 15) is 18.0 Å². The lowest BCUT2D eigenvalue weighted by atomic mass is 9.98. The maximum atomic E-state index is 12.5. The van der Waals surface area contributed by atoms with Gasteiger partial charge in [-0.15, -0.1) is 0 Å². The first-order valence-electron chi connectivity index (χ1n) is 8.20. The van der Waals surface area contributed by atoms with Gasteiger partial charge in [0.15, 0.2) is 0 Å². The zero-order valence-corrected chi connectivity index (χ0v) is 15.0. The second kappa shape index (κ2) is 7.19. The van der Waals surface area contributed by atoms with E-state index in [4.69, 9.17) is 23.1 Å². The van der Waals surface area contributed by atoms with Gasteiger partial charge in [0.05, 0.1) is 22.6 Å². The Balaban J connectivity index is 1.93. The van der Waals surface area contributed by atoms with E-state index < -0.39 is 18.6 Å². The minimum atomic E-state index is -4.50. The highest BCUT2D eigenvalue weighted by molar-refractivity contribution is 6.30. The third kappa shape index (κ3) is 4.39. The zero-order chi connectivity index (χ0) is 19.8. The van der Waals surface area contributed by atoms with Crippen molar-refractivity contribution in [1.29, 1.82) is 0 Å². The Morgan fingerprint density at radius 2 is 1.85 bits per heavy atom. The number of nitrogen functional groups attached to an aromatic ring is 2. The Hall–Kier alpha value is -2.61. The summed E-state index contributed by atoms with van der Waals surface area (Å²) in [5.41, 5.74) is 14.7. The number of alkyl halides is 3. The second-order valence-electron chi connectivity index (χ2n) is 6.38. The van der Waals surface area contributed by atoms with E-state index in [-0.39, 0.29) is 16.9 Å². The van der Waals surface area contributed by atoms with Gasteiger partial charge < -0.3 is 21.7 Å². The van der Waals surface area contributed by atoms with Gasteiger partial charge in [0.1, 0.15) is 6.54 Å². The number of carbonyl (C=O) groups excluding carboxylic acids is 1. The van der Waals surface area contributed by atoms with Crippen LogP contribution in [0.3, 0.4) is 0 Å². The number of anilines is 3. The largest absolute Gasteiger partial charge is 0.405 e. The number of hydrogen-bond acceptors (Lipinski definition) is 4. The van der Waals surface area contributed by atoms with E-state index in [1.54, 1.807) is 0 Å². The summed E-state index contributed by atoms with van der Waals surface area (Å²) < 4.78 is 37.4. The van der Waals surface area contributed by atoms with E-state index in [1.165, 1.54) is 12.1 Å². The van der Waals surface area contributed by atoms with Crippen molar-refractivity contribution >= 4 is 34.6 Å². The molecule has 0 saturated heterocycles. The van der Waals surface area contributed by atoms with Crippen molar-refractivity contribution in [3.8, 4) is 0 Å². The molecule has 144 valence electrons. The fourth-order valence-corrected chi connectivity index (χ4v) is 3.27. The molecule has 5 nitrogen and oxygen atoms in total. The van der Waals surface area contributed by atoms with Crippen molar-refractivity contribution in [2.24, 2.45) is 0 Å². The fraction of sp³-hybridized carbons (Fsp3) is 0.278. The topological polar surface area (TPSA) is 84.4 Å². The van der Waals surface area contributed by atoms with Crippen LogP contribution in [0.4, 0.5) is 30.2 Å². The number of nitrogens with one attached hydrogen (secondary N) is 1. The molecule has 9 heteroatoms. The Kier molecular flexibility index (Phi) is 5.10. The molecule has 2 aromatic carbocycles. The predicted octanol–water partition coefficient (Wildman–Crippen LogP) is 3.36. The lowest BCUT2D eigenvalue weighted by Crippen LogP contribution is -2.36. The smallest absolute Gasteiger partial charge is 0.397 e. The minimum Gasteiger partial charge on any atom is -0.397 e. The summed E-state index contributed by atoms with van der Waals surface area (Å²) in [4.78, 5) is 14.2. The Bertz CT molecular complexity index is 886. The van der Waals surface area contributed by atoms with Crippen molar-refractivity contribution in [2.75, 3.05) is 29.5 Å². The molecule has 0 saturated carbocycles. The van der Waals surface area contributed by atoms with Crippen LogP contribution in [-0.2, 0) is 13.0 Å². The van der Waals surface area contributed by atoms with Crippen LogP contribution in [0.15, 0.2) is 30.3 Å². The molecule has 1 aliphatic rings. The molecule has 0 aromatic heterocycles. The van der Waals surface area contributed by atoms with Gasteiger partial charge in [-0.1, -0.05) is 17.7 Å². The molecule has 1 heterocycles. The van der Waals surface area contributed by atoms with Gasteiger partial charge in [-0.3, -0.25) is 4.79 Å². The van der Waals surface area contributed by atoms with Gasteiger partial charge in [0.25, 0.3) is 5.91 Å². The Labute approximate surface area is 159 Å². The maximum Gasteiger partial charge on any atom is 0.405 e. The highest BCUT2D eigenvalue weighted by Crippen LogP contribution is 2.33. The summed E-state index contributed by atoms with van der Waals surface area (Å²) in [6.45, 7) is -0.385. The second-order valence-corrected chi connectivity index (χ2v) is 6.82. The molecule has 1 amide bonds. The standard InChI is InChI=1S/C18H18ClF3N4O/c19-12-2-1-10-3-4-26(8-11(10)5-12)16-7-15(24)14(23)6-13(16)17(27)25-9-18(20,21)22/h1-2,5-7H,3-4,8-9,23-24H2,(H,25,27). The first-order chi connectivity index (χ1) is 12.6. The first kappa shape index (κ1) is 19.2. The molecule has 0 unspecified atom stereocenters. The maximum absolute atomic E-state index is 12.5. The summed E-state index contributed by atoms with van der Waals surface area (Å²) in [7, 11) is 0. The van der Waals surface area contributed by atoms with Gasteiger partial charge >= 0.3 is 6.18 Å². The minimum absolute atomic E-state index is 0.0522. The molecular weight excluding hydrogens is 381 g/mol. The molecule has 0 fully saturated rings.